The van der Waals surface area contributed by atoms with Crippen LogP contribution in [0.2, 0.25) is 0 Å². The highest BCUT2D eigenvalue weighted by atomic mass is 79.9. The summed E-state index contributed by atoms with van der Waals surface area (Å²) >= 11 is 3.50. The number of rotatable bonds is 3. The highest BCUT2D eigenvalue weighted by molar-refractivity contribution is 9.10. The summed E-state index contributed by atoms with van der Waals surface area (Å²) in [4.78, 5) is 0. The summed E-state index contributed by atoms with van der Waals surface area (Å²) in [6.07, 6.45) is 0. The Morgan fingerprint density at radius 3 is 2.26 bits per heavy atom. The first-order chi connectivity index (χ1) is 8.97. The van der Waals surface area contributed by atoms with Crippen LogP contribution in [0.4, 0.5) is 14.5 Å². The van der Waals surface area contributed by atoms with Gasteiger partial charge in [-0.1, -0.05) is 22.0 Å². The van der Waals surface area contributed by atoms with Gasteiger partial charge in [-0.05, 0) is 43.2 Å². The molecule has 2 rings (SSSR count). The lowest BCUT2D eigenvalue weighted by Gasteiger charge is -2.11. The average molecular weight is 326 g/mol. The van der Waals surface area contributed by atoms with Gasteiger partial charge in [-0.25, -0.2) is 8.78 Å². The molecule has 0 fully saturated rings. The third-order valence-corrected chi connectivity index (χ3v) is 4.19. The number of anilines is 1. The summed E-state index contributed by atoms with van der Waals surface area (Å²) in [5.74, 6) is -1.09. The van der Waals surface area contributed by atoms with E-state index in [9.17, 15) is 8.78 Å². The number of aryl methyl sites for hydroxylation is 2. The van der Waals surface area contributed by atoms with E-state index < -0.39 is 11.6 Å². The largest absolute Gasteiger partial charge is 0.381 e. The van der Waals surface area contributed by atoms with Crippen molar-refractivity contribution in [1.29, 1.82) is 0 Å². The molecule has 1 N–H and O–H groups in total. The minimum Gasteiger partial charge on any atom is -0.381 e. The van der Waals surface area contributed by atoms with Crippen molar-refractivity contribution < 1.29 is 8.78 Å². The molecule has 19 heavy (non-hydrogen) atoms. The SMILES string of the molecule is Cc1cc(NCc2ccc(F)cc2F)cc(C)c1Br. The van der Waals surface area contributed by atoms with Crippen molar-refractivity contribution in [2.75, 3.05) is 5.32 Å². The Labute approximate surface area is 119 Å². The Kier molecular flexibility index (Phi) is 4.20. The molecule has 4 heteroatoms. The van der Waals surface area contributed by atoms with Gasteiger partial charge in [0.2, 0.25) is 0 Å². The highest BCUT2D eigenvalue weighted by Crippen LogP contribution is 2.25. The third-order valence-electron chi connectivity index (χ3n) is 2.93. The second-order valence-electron chi connectivity index (χ2n) is 4.51. The van der Waals surface area contributed by atoms with E-state index in [1.165, 1.54) is 12.1 Å². The van der Waals surface area contributed by atoms with Crippen molar-refractivity contribution >= 4 is 21.6 Å². The fraction of sp³-hybridized carbons (Fsp3) is 0.200. The van der Waals surface area contributed by atoms with E-state index in [0.717, 1.165) is 27.4 Å². The van der Waals surface area contributed by atoms with Crippen molar-refractivity contribution in [3.05, 3.63) is 63.1 Å². The van der Waals surface area contributed by atoms with Crippen LogP contribution in [0.15, 0.2) is 34.8 Å². The molecule has 0 radical (unpaired) electrons. The second kappa shape index (κ2) is 5.70. The predicted octanol–water partition coefficient (Wildman–Crippen LogP) is 4.96. The number of benzene rings is 2. The van der Waals surface area contributed by atoms with Crippen molar-refractivity contribution in [1.82, 2.24) is 0 Å². The molecule has 0 heterocycles. The van der Waals surface area contributed by atoms with Crippen LogP contribution in [-0.4, -0.2) is 0 Å². The molecule has 100 valence electrons. The fourth-order valence-corrected chi connectivity index (χ4v) is 2.14. The number of hydrogen-bond donors (Lipinski definition) is 1. The molecule has 0 saturated carbocycles. The summed E-state index contributed by atoms with van der Waals surface area (Å²) in [6.45, 7) is 4.33. The fourth-order valence-electron chi connectivity index (χ4n) is 1.91. The minimum atomic E-state index is -0.559. The zero-order valence-electron chi connectivity index (χ0n) is 10.7. The molecular formula is C15H14BrF2N. The highest BCUT2D eigenvalue weighted by Gasteiger charge is 2.05. The van der Waals surface area contributed by atoms with Crippen LogP contribution >= 0.6 is 15.9 Å². The molecule has 0 saturated heterocycles. The van der Waals surface area contributed by atoms with E-state index in [1.807, 2.05) is 26.0 Å². The molecule has 0 amide bonds. The van der Waals surface area contributed by atoms with E-state index in [1.54, 1.807) is 0 Å². The van der Waals surface area contributed by atoms with E-state index in [0.29, 0.717) is 12.1 Å². The van der Waals surface area contributed by atoms with Crippen LogP contribution in [0.25, 0.3) is 0 Å². The third kappa shape index (κ3) is 3.32. The van der Waals surface area contributed by atoms with Gasteiger partial charge in [-0.15, -0.1) is 0 Å². The van der Waals surface area contributed by atoms with Crippen LogP contribution in [0.3, 0.4) is 0 Å². The summed E-state index contributed by atoms with van der Waals surface area (Å²) in [5.41, 5.74) is 3.59. The van der Waals surface area contributed by atoms with Gasteiger partial charge in [-0.2, -0.15) is 0 Å². The van der Waals surface area contributed by atoms with Crippen LogP contribution in [0, 0.1) is 25.5 Å². The van der Waals surface area contributed by atoms with Gasteiger partial charge < -0.3 is 5.32 Å². The van der Waals surface area contributed by atoms with Gasteiger partial charge in [0, 0.05) is 28.3 Å². The molecule has 0 spiro atoms. The standard InChI is InChI=1S/C15H14BrF2N/c1-9-5-13(6-10(2)15(9)16)19-8-11-3-4-12(17)7-14(11)18/h3-7,19H,8H2,1-2H3. The molecule has 0 aliphatic carbocycles. The van der Waals surface area contributed by atoms with Gasteiger partial charge in [0.05, 0.1) is 0 Å². The zero-order valence-corrected chi connectivity index (χ0v) is 12.3. The van der Waals surface area contributed by atoms with E-state index >= 15 is 0 Å². The molecular weight excluding hydrogens is 312 g/mol. The number of halogens is 3. The molecule has 2 aromatic carbocycles. The normalized spacial score (nSPS) is 10.6. The topological polar surface area (TPSA) is 12.0 Å². The van der Waals surface area contributed by atoms with Crippen LogP contribution in [0.1, 0.15) is 16.7 Å². The van der Waals surface area contributed by atoms with Crippen LogP contribution < -0.4 is 5.32 Å². The van der Waals surface area contributed by atoms with E-state index in [4.69, 9.17) is 0 Å². The summed E-state index contributed by atoms with van der Waals surface area (Å²) in [6, 6.07) is 7.58. The van der Waals surface area contributed by atoms with Crippen LogP contribution in [0.5, 0.6) is 0 Å². The monoisotopic (exact) mass is 325 g/mol. The lowest BCUT2D eigenvalue weighted by molar-refractivity contribution is 0.574. The molecule has 0 aliphatic heterocycles. The summed E-state index contributed by atoms with van der Waals surface area (Å²) in [7, 11) is 0. The lowest BCUT2D eigenvalue weighted by atomic mass is 10.1. The predicted molar refractivity (Wildman–Crippen MR) is 77.3 cm³/mol. The molecule has 0 bridgehead atoms. The lowest BCUT2D eigenvalue weighted by Crippen LogP contribution is -2.03. The maximum Gasteiger partial charge on any atom is 0.131 e. The Morgan fingerprint density at radius 2 is 1.68 bits per heavy atom. The second-order valence-corrected chi connectivity index (χ2v) is 5.31. The first-order valence-electron chi connectivity index (χ1n) is 5.92. The number of nitrogens with one attached hydrogen (secondary N) is 1. The maximum absolute atomic E-state index is 13.5. The first-order valence-corrected chi connectivity index (χ1v) is 6.71. The summed E-state index contributed by atoms with van der Waals surface area (Å²) < 4.78 is 27.4. The van der Waals surface area contributed by atoms with Crippen LogP contribution in [-0.2, 0) is 6.54 Å². The minimum absolute atomic E-state index is 0.326. The zero-order chi connectivity index (χ0) is 14.0. The van der Waals surface area contributed by atoms with E-state index in [2.05, 4.69) is 21.2 Å². The maximum atomic E-state index is 13.5. The van der Waals surface area contributed by atoms with Crippen molar-refractivity contribution in [2.24, 2.45) is 0 Å². The molecule has 0 aromatic heterocycles. The van der Waals surface area contributed by atoms with Gasteiger partial charge >= 0.3 is 0 Å². The Bertz CT molecular complexity index is 588. The Morgan fingerprint density at radius 1 is 1.05 bits per heavy atom. The van der Waals surface area contributed by atoms with Gasteiger partial charge in [0.1, 0.15) is 11.6 Å². The molecule has 0 aliphatic rings. The van der Waals surface area contributed by atoms with Crippen molar-refractivity contribution in [3.63, 3.8) is 0 Å². The van der Waals surface area contributed by atoms with E-state index in [-0.39, 0.29) is 0 Å². The molecule has 2 aromatic rings. The van der Waals surface area contributed by atoms with Gasteiger partial charge in [-0.3, -0.25) is 0 Å². The van der Waals surface area contributed by atoms with Crippen molar-refractivity contribution in [3.8, 4) is 0 Å². The average Bonchev–Trinajstić information content (AvgIpc) is 2.34. The Hall–Kier alpha value is -1.42. The number of hydrogen-bond acceptors (Lipinski definition) is 1. The quantitative estimate of drug-likeness (QED) is 0.841. The smallest absolute Gasteiger partial charge is 0.131 e. The summed E-state index contributed by atoms with van der Waals surface area (Å²) in [5, 5.41) is 3.15. The Balaban J connectivity index is 2.14. The first kappa shape index (κ1) is 14.0. The van der Waals surface area contributed by atoms with Crippen molar-refractivity contribution in [2.45, 2.75) is 20.4 Å². The molecule has 0 atom stereocenters. The molecule has 0 unspecified atom stereocenters. The van der Waals surface area contributed by atoms with Gasteiger partial charge in [0.25, 0.3) is 0 Å². The van der Waals surface area contributed by atoms with Gasteiger partial charge in [0.15, 0.2) is 0 Å². The molecule has 1 nitrogen and oxygen atoms in total.